The highest BCUT2D eigenvalue weighted by Crippen LogP contribution is 2.69. The molecule has 1 N–H and O–H groups in total. The van der Waals surface area contributed by atoms with Gasteiger partial charge in [0.25, 0.3) is 0 Å². The summed E-state index contributed by atoms with van der Waals surface area (Å²) >= 11 is 0. The van der Waals surface area contributed by atoms with Crippen molar-refractivity contribution in [3.8, 4) is 0 Å². The Morgan fingerprint density at radius 1 is 1.09 bits per heavy atom. The molecule has 2 heteroatoms. The van der Waals surface area contributed by atoms with E-state index in [1.54, 1.807) is 0 Å². The van der Waals surface area contributed by atoms with Crippen LogP contribution in [0.2, 0.25) is 0 Å². The Morgan fingerprint density at radius 3 is 2.43 bits per heavy atom. The lowest BCUT2D eigenvalue weighted by Gasteiger charge is -2.66. The average molecular weight is 319 g/mol. The van der Waals surface area contributed by atoms with Gasteiger partial charge in [0.2, 0.25) is 0 Å². The van der Waals surface area contributed by atoms with Gasteiger partial charge in [-0.2, -0.15) is 0 Å². The van der Waals surface area contributed by atoms with Crippen molar-refractivity contribution in [2.24, 2.45) is 34.0 Å². The molecule has 3 fully saturated rings. The molecule has 0 unspecified atom stereocenters. The summed E-state index contributed by atoms with van der Waals surface area (Å²) in [7, 11) is 0. The molecular weight excluding hydrogens is 284 g/mol. The summed E-state index contributed by atoms with van der Waals surface area (Å²) in [5.74, 6) is 0.956. The van der Waals surface area contributed by atoms with Gasteiger partial charge in [0.05, 0.1) is 6.42 Å². The summed E-state index contributed by atoms with van der Waals surface area (Å²) in [4.78, 5) is 11.5. The summed E-state index contributed by atoms with van der Waals surface area (Å²) in [6.45, 7) is 14.1. The molecule has 0 aromatic carbocycles. The predicted octanol–water partition coefficient (Wildman–Crippen LogP) is 5.68. The number of rotatable bonds is 2. The molecule has 0 saturated heterocycles. The normalized spacial score (nSPS) is 45.9. The van der Waals surface area contributed by atoms with E-state index in [0.717, 1.165) is 12.3 Å². The first kappa shape index (κ1) is 17.0. The van der Waals surface area contributed by atoms with Crippen molar-refractivity contribution < 1.29 is 9.90 Å². The molecule has 0 aromatic heterocycles. The zero-order chi connectivity index (χ0) is 17.0. The molecule has 0 aliphatic heterocycles. The SMILES string of the molecule is C=C1CC[C@H]2[C@]3(C)CCCC(C)(C)[C@H]3CC[C@]2(C)[C@H]1CC(=O)O. The Morgan fingerprint density at radius 2 is 1.78 bits per heavy atom. The van der Waals surface area contributed by atoms with Crippen LogP contribution in [0.15, 0.2) is 12.2 Å². The van der Waals surface area contributed by atoms with E-state index in [1.807, 2.05) is 0 Å². The van der Waals surface area contributed by atoms with Crippen LogP contribution in [0.5, 0.6) is 0 Å². The summed E-state index contributed by atoms with van der Waals surface area (Å²) in [6, 6.07) is 0. The number of hydrogen-bond acceptors (Lipinski definition) is 1. The molecule has 0 heterocycles. The molecule has 3 saturated carbocycles. The summed E-state index contributed by atoms with van der Waals surface area (Å²) in [5, 5.41) is 9.43. The monoisotopic (exact) mass is 318 g/mol. The Kier molecular flexibility index (Phi) is 3.97. The molecule has 0 spiro atoms. The Bertz CT molecular complexity index is 520. The number of fused-ring (bicyclic) bond motifs is 3. The van der Waals surface area contributed by atoms with E-state index in [0.29, 0.717) is 16.7 Å². The molecule has 0 amide bonds. The van der Waals surface area contributed by atoms with Gasteiger partial charge in [-0.3, -0.25) is 4.79 Å². The first-order valence-corrected chi connectivity index (χ1v) is 9.51. The summed E-state index contributed by atoms with van der Waals surface area (Å²) < 4.78 is 0. The molecule has 130 valence electrons. The first-order valence-electron chi connectivity index (χ1n) is 9.51. The lowest BCUT2D eigenvalue weighted by molar-refractivity contribution is -0.160. The van der Waals surface area contributed by atoms with Gasteiger partial charge in [-0.25, -0.2) is 0 Å². The lowest BCUT2D eigenvalue weighted by Crippen LogP contribution is -2.58. The molecular formula is C21H34O2. The van der Waals surface area contributed by atoms with Crippen molar-refractivity contribution in [3.63, 3.8) is 0 Å². The van der Waals surface area contributed by atoms with Crippen molar-refractivity contribution in [1.29, 1.82) is 0 Å². The minimum Gasteiger partial charge on any atom is -0.481 e. The molecule has 0 bridgehead atoms. The Hall–Kier alpha value is -0.790. The number of hydrogen-bond donors (Lipinski definition) is 1. The summed E-state index contributed by atoms with van der Waals surface area (Å²) in [5.41, 5.74) is 2.15. The minimum absolute atomic E-state index is 0.131. The second-order valence-electron chi connectivity index (χ2n) is 9.84. The van der Waals surface area contributed by atoms with E-state index in [9.17, 15) is 9.90 Å². The molecule has 3 aliphatic carbocycles. The largest absolute Gasteiger partial charge is 0.481 e. The summed E-state index contributed by atoms with van der Waals surface area (Å²) in [6.07, 6.45) is 8.97. The third-order valence-electron chi connectivity index (χ3n) is 8.26. The van der Waals surface area contributed by atoms with Crippen LogP contribution in [0.4, 0.5) is 0 Å². The molecule has 3 rings (SSSR count). The number of aliphatic carboxylic acids is 1. The fourth-order valence-electron chi connectivity index (χ4n) is 7.29. The topological polar surface area (TPSA) is 37.3 Å². The van der Waals surface area contributed by atoms with Crippen LogP contribution in [0.1, 0.15) is 79.1 Å². The maximum Gasteiger partial charge on any atom is 0.303 e. The van der Waals surface area contributed by atoms with Crippen molar-refractivity contribution in [1.82, 2.24) is 0 Å². The van der Waals surface area contributed by atoms with E-state index in [4.69, 9.17) is 0 Å². The maximum absolute atomic E-state index is 11.5. The van der Waals surface area contributed by atoms with Crippen molar-refractivity contribution in [3.05, 3.63) is 12.2 Å². The first-order chi connectivity index (χ1) is 10.6. The van der Waals surface area contributed by atoms with Crippen molar-refractivity contribution >= 4 is 5.97 Å². The number of allylic oxidation sites excluding steroid dienone is 1. The average Bonchev–Trinajstić information content (AvgIpc) is 2.41. The molecule has 3 aliphatic rings. The second-order valence-corrected chi connectivity index (χ2v) is 9.84. The predicted molar refractivity (Wildman–Crippen MR) is 94.2 cm³/mol. The lowest BCUT2D eigenvalue weighted by atomic mass is 9.39. The standard InChI is InChI=1S/C21H34O2/c1-14-7-8-17-20(4,15(14)13-18(22)23)12-9-16-19(2,3)10-6-11-21(16,17)5/h15-17H,1,6-13H2,2-5H3,(H,22,23)/t15-,16+,17+,20+,21+/m0/s1. The minimum atomic E-state index is -0.658. The highest BCUT2D eigenvalue weighted by atomic mass is 16.4. The number of carboxylic acids is 1. The fourth-order valence-corrected chi connectivity index (χ4v) is 7.29. The Labute approximate surface area is 141 Å². The van der Waals surface area contributed by atoms with Gasteiger partial charge in [0, 0.05) is 0 Å². The molecule has 2 nitrogen and oxygen atoms in total. The number of carbonyl (C=O) groups is 1. The van der Waals surface area contributed by atoms with Crippen LogP contribution in [0.25, 0.3) is 0 Å². The highest BCUT2D eigenvalue weighted by Gasteiger charge is 2.61. The van der Waals surface area contributed by atoms with Gasteiger partial charge in [0.1, 0.15) is 0 Å². The molecule has 0 aromatic rings. The van der Waals surface area contributed by atoms with E-state index < -0.39 is 5.97 Å². The van der Waals surface area contributed by atoms with Gasteiger partial charge in [0.15, 0.2) is 0 Å². The third-order valence-corrected chi connectivity index (χ3v) is 8.26. The van der Waals surface area contributed by atoms with Gasteiger partial charge in [-0.15, -0.1) is 0 Å². The third kappa shape index (κ3) is 2.48. The molecule has 5 atom stereocenters. The van der Waals surface area contributed by atoms with E-state index in [1.165, 1.54) is 44.1 Å². The zero-order valence-corrected chi connectivity index (χ0v) is 15.5. The van der Waals surface area contributed by atoms with E-state index >= 15 is 0 Å². The van der Waals surface area contributed by atoms with E-state index in [-0.39, 0.29) is 17.8 Å². The number of carboxylic acid groups (broad SMARTS) is 1. The molecule has 0 radical (unpaired) electrons. The maximum atomic E-state index is 11.5. The van der Waals surface area contributed by atoms with E-state index in [2.05, 4.69) is 34.3 Å². The Balaban J connectivity index is 1.99. The van der Waals surface area contributed by atoms with Crippen LogP contribution in [0, 0.1) is 34.0 Å². The van der Waals surface area contributed by atoms with Crippen LogP contribution >= 0.6 is 0 Å². The van der Waals surface area contributed by atoms with Crippen LogP contribution in [-0.4, -0.2) is 11.1 Å². The van der Waals surface area contributed by atoms with Gasteiger partial charge >= 0.3 is 5.97 Å². The van der Waals surface area contributed by atoms with Crippen molar-refractivity contribution in [2.75, 3.05) is 0 Å². The molecule has 23 heavy (non-hydrogen) atoms. The van der Waals surface area contributed by atoms with Gasteiger partial charge < -0.3 is 5.11 Å². The second kappa shape index (κ2) is 5.36. The van der Waals surface area contributed by atoms with Gasteiger partial charge in [-0.05, 0) is 72.5 Å². The quantitative estimate of drug-likeness (QED) is 0.665. The van der Waals surface area contributed by atoms with Crippen LogP contribution < -0.4 is 0 Å². The highest BCUT2D eigenvalue weighted by molar-refractivity contribution is 5.67. The smallest absolute Gasteiger partial charge is 0.303 e. The van der Waals surface area contributed by atoms with Crippen molar-refractivity contribution in [2.45, 2.75) is 79.1 Å². The zero-order valence-electron chi connectivity index (χ0n) is 15.5. The van der Waals surface area contributed by atoms with Gasteiger partial charge in [-0.1, -0.05) is 46.3 Å². The van der Waals surface area contributed by atoms with Crippen LogP contribution in [-0.2, 0) is 4.79 Å². The van der Waals surface area contributed by atoms with Crippen LogP contribution in [0.3, 0.4) is 0 Å². The fraction of sp³-hybridized carbons (Fsp3) is 0.857.